The molecule has 1 heterocycles. The minimum Gasteiger partial charge on any atom is -0.383 e. The summed E-state index contributed by atoms with van der Waals surface area (Å²) in [7, 11) is 1.56. The number of rotatable bonds is 7. The molecule has 0 aromatic carbocycles. The number of hydrogen-bond acceptors (Lipinski definition) is 6. The number of nitrogen functional groups attached to an aromatic ring is 1. The van der Waals surface area contributed by atoms with Crippen molar-refractivity contribution >= 4 is 11.6 Å². The molecule has 1 aromatic rings. The molecule has 7 nitrogen and oxygen atoms in total. The van der Waals surface area contributed by atoms with Crippen LogP contribution in [-0.4, -0.2) is 42.6 Å². The molecule has 0 atom stereocenters. The second-order valence-corrected chi connectivity index (χ2v) is 4.21. The molecular formula is C13H19N5O2. The molecule has 1 aromatic heterocycles. The average Bonchev–Trinajstić information content (AvgIpc) is 2.46. The van der Waals surface area contributed by atoms with Crippen LogP contribution in [0.5, 0.6) is 0 Å². The molecule has 0 fully saturated rings. The number of ether oxygens (including phenoxy) is 1. The van der Waals surface area contributed by atoms with E-state index in [1.54, 1.807) is 18.1 Å². The fraction of sp³-hybridized carbons (Fsp3) is 0.462. The van der Waals surface area contributed by atoms with Gasteiger partial charge in [0, 0.05) is 32.1 Å². The molecule has 1 amide bonds. The quantitative estimate of drug-likeness (QED) is 0.561. The highest BCUT2D eigenvalue weighted by atomic mass is 16.5. The average molecular weight is 277 g/mol. The van der Waals surface area contributed by atoms with Crippen LogP contribution < -0.4 is 11.3 Å². The molecule has 0 spiro atoms. The normalized spacial score (nSPS) is 9.90. The highest BCUT2D eigenvalue weighted by Crippen LogP contribution is 2.17. The smallest absolute Gasteiger partial charge is 0.257 e. The number of carbonyl (C=O) groups is 1. The van der Waals surface area contributed by atoms with Crippen molar-refractivity contribution in [2.45, 2.75) is 13.3 Å². The Morgan fingerprint density at radius 3 is 2.95 bits per heavy atom. The molecule has 0 bridgehead atoms. The van der Waals surface area contributed by atoms with E-state index < -0.39 is 0 Å². The van der Waals surface area contributed by atoms with Gasteiger partial charge in [-0.15, -0.1) is 0 Å². The maximum absolute atomic E-state index is 12.5. The van der Waals surface area contributed by atoms with E-state index in [0.29, 0.717) is 30.9 Å². The number of pyridine rings is 1. The number of hydrogen-bond donors (Lipinski definition) is 2. The van der Waals surface area contributed by atoms with E-state index in [1.807, 2.05) is 13.0 Å². The van der Waals surface area contributed by atoms with Crippen molar-refractivity contribution in [1.82, 2.24) is 9.88 Å². The maximum atomic E-state index is 12.5. The molecule has 3 N–H and O–H groups in total. The third kappa shape index (κ3) is 4.19. The Morgan fingerprint density at radius 1 is 1.60 bits per heavy atom. The van der Waals surface area contributed by atoms with Crippen LogP contribution in [0.1, 0.15) is 22.5 Å². The molecule has 0 saturated carbocycles. The number of nitriles is 1. The van der Waals surface area contributed by atoms with Crippen LogP contribution >= 0.6 is 0 Å². The van der Waals surface area contributed by atoms with E-state index in [0.717, 1.165) is 5.69 Å². The van der Waals surface area contributed by atoms with E-state index >= 15 is 0 Å². The van der Waals surface area contributed by atoms with E-state index in [4.69, 9.17) is 15.8 Å². The fourth-order valence-corrected chi connectivity index (χ4v) is 1.72. The molecule has 108 valence electrons. The van der Waals surface area contributed by atoms with Gasteiger partial charge in [-0.2, -0.15) is 5.26 Å². The summed E-state index contributed by atoms with van der Waals surface area (Å²) in [6.45, 7) is 2.97. The molecule has 0 saturated heterocycles. The number of aromatic nitrogens is 1. The van der Waals surface area contributed by atoms with Gasteiger partial charge in [-0.1, -0.05) is 0 Å². The van der Waals surface area contributed by atoms with Gasteiger partial charge in [0.05, 0.1) is 30.3 Å². The number of nitrogens with zero attached hydrogens (tertiary/aromatic N) is 3. The number of anilines is 1. The van der Waals surface area contributed by atoms with Gasteiger partial charge in [0.1, 0.15) is 0 Å². The van der Waals surface area contributed by atoms with Gasteiger partial charge in [-0.3, -0.25) is 15.6 Å². The van der Waals surface area contributed by atoms with Gasteiger partial charge in [0.25, 0.3) is 5.91 Å². The van der Waals surface area contributed by atoms with E-state index in [1.165, 1.54) is 6.20 Å². The number of methoxy groups -OCH3 is 1. The van der Waals surface area contributed by atoms with Gasteiger partial charge in [0.15, 0.2) is 0 Å². The zero-order valence-electron chi connectivity index (χ0n) is 11.7. The molecule has 0 radical (unpaired) electrons. The highest BCUT2D eigenvalue weighted by molar-refractivity contribution is 5.99. The molecular weight excluding hydrogens is 258 g/mol. The molecule has 0 aliphatic carbocycles. The van der Waals surface area contributed by atoms with Crippen LogP contribution in [0.2, 0.25) is 0 Å². The molecule has 0 aliphatic rings. The van der Waals surface area contributed by atoms with Crippen molar-refractivity contribution in [2.75, 3.05) is 32.2 Å². The van der Waals surface area contributed by atoms with Gasteiger partial charge in [0.2, 0.25) is 0 Å². The third-order valence-corrected chi connectivity index (χ3v) is 2.77. The first kappa shape index (κ1) is 15.9. The second-order valence-electron chi connectivity index (χ2n) is 4.21. The van der Waals surface area contributed by atoms with Crippen LogP contribution in [-0.2, 0) is 4.74 Å². The predicted octanol–water partition coefficient (Wildman–Crippen LogP) is 0.678. The van der Waals surface area contributed by atoms with Gasteiger partial charge in [-0.25, -0.2) is 0 Å². The third-order valence-electron chi connectivity index (χ3n) is 2.77. The Labute approximate surface area is 118 Å². The zero-order chi connectivity index (χ0) is 15.0. The van der Waals surface area contributed by atoms with Crippen LogP contribution in [0.15, 0.2) is 12.3 Å². The Hall–Kier alpha value is -2.17. The number of aryl methyl sites for hydroxylation is 1. The molecule has 7 heteroatoms. The first-order valence-corrected chi connectivity index (χ1v) is 6.22. The summed E-state index contributed by atoms with van der Waals surface area (Å²) in [5.41, 5.74) is 4.16. The highest BCUT2D eigenvalue weighted by Gasteiger charge is 2.19. The lowest BCUT2D eigenvalue weighted by molar-refractivity contribution is 0.0700. The Morgan fingerprint density at radius 2 is 2.35 bits per heavy atom. The Balaban J connectivity index is 2.95. The summed E-state index contributed by atoms with van der Waals surface area (Å²) in [6.07, 6.45) is 1.75. The van der Waals surface area contributed by atoms with Crippen LogP contribution in [0.4, 0.5) is 5.69 Å². The van der Waals surface area contributed by atoms with Crippen molar-refractivity contribution in [3.05, 3.63) is 23.5 Å². The molecule has 0 unspecified atom stereocenters. The van der Waals surface area contributed by atoms with Crippen molar-refractivity contribution in [3.63, 3.8) is 0 Å². The van der Waals surface area contributed by atoms with Crippen molar-refractivity contribution in [1.29, 1.82) is 5.26 Å². The molecule has 1 rings (SSSR count). The topological polar surface area (TPSA) is 104 Å². The molecule has 0 aliphatic heterocycles. The largest absolute Gasteiger partial charge is 0.383 e. The SMILES string of the molecule is COCCN(CCC#N)C(=O)c1cnc(C)cc1NN. The van der Waals surface area contributed by atoms with E-state index in [-0.39, 0.29) is 12.3 Å². The van der Waals surface area contributed by atoms with E-state index in [2.05, 4.69) is 10.4 Å². The van der Waals surface area contributed by atoms with Crippen molar-refractivity contribution in [3.8, 4) is 6.07 Å². The molecule has 20 heavy (non-hydrogen) atoms. The number of hydrazine groups is 1. The number of nitrogens with one attached hydrogen (secondary N) is 1. The lowest BCUT2D eigenvalue weighted by atomic mass is 10.2. The first-order valence-electron chi connectivity index (χ1n) is 6.22. The number of amides is 1. The summed E-state index contributed by atoms with van der Waals surface area (Å²) in [4.78, 5) is 18.1. The van der Waals surface area contributed by atoms with Crippen molar-refractivity contribution in [2.24, 2.45) is 5.84 Å². The van der Waals surface area contributed by atoms with Crippen molar-refractivity contribution < 1.29 is 9.53 Å². The summed E-state index contributed by atoms with van der Waals surface area (Å²) >= 11 is 0. The number of carbonyl (C=O) groups excluding carboxylic acids is 1. The summed E-state index contributed by atoms with van der Waals surface area (Å²) < 4.78 is 4.98. The lowest BCUT2D eigenvalue weighted by Gasteiger charge is -2.22. The summed E-state index contributed by atoms with van der Waals surface area (Å²) in [5, 5.41) is 8.67. The summed E-state index contributed by atoms with van der Waals surface area (Å²) in [6, 6.07) is 3.73. The zero-order valence-corrected chi connectivity index (χ0v) is 11.7. The van der Waals surface area contributed by atoms with Gasteiger partial charge >= 0.3 is 0 Å². The van der Waals surface area contributed by atoms with Crippen LogP contribution in [0.25, 0.3) is 0 Å². The van der Waals surface area contributed by atoms with E-state index in [9.17, 15) is 4.79 Å². The standard InChI is InChI=1S/C13H19N5O2/c1-10-8-12(17-15)11(9-16-10)13(19)18(5-3-4-14)6-7-20-2/h8-9H,3,5-7,15H2,1-2H3,(H,16,17). The minimum atomic E-state index is -0.224. The maximum Gasteiger partial charge on any atom is 0.257 e. The minimum absolute atomic E-state index is 0.224. The number of nitrogens with two attached hydrogens (primary N) is 1. The predicted molar refractivity (Wildman–Crippen MR) is 74.8 cm³/mol. The summed E-state index contributed by atoms with van der Waals surface area (Å²) in [5.74, 6) is 5.21. The first-order chi connectivity index (χ1) is 9.63. The Bertz CT molecular complexity index is 498. The van der Waals surface area contributed by atoms with Gasteiger partial charge in [-0.05, 0) is 13.0 Å². The Kier molecular flexibility index (Phi) is 6.43. The monoisotopic (exact) mass is 277 g/mol. The van der Waals surface area contributed by atoms with Crippen LogP contribution in [0, 0.1) is 18.3 Å². The van der Waals surface area contributed by atoms with Gasteiger partial charge < -0.3 is 15.1 Å². The van der Waals surface area contributed by atoms with Crippen LogP contribution in [0.3, 0.4) is 0 Å². The lowest BCUT2D eigenvalue weighted by Crippen LogP contribution is -2.35. The second kappa shape index (κ2) is 8.09. The fourth-order valence-electron chi connectivity index (χ4n) is 1.72.